The Kier molecular flexibility index (Phi) is 6.37. The smallest absolute Gasteiger partial charge is 0.348 e. The maximum absolute atomic E-state index is 12.2. The first-order valence-corrected chi connectivity index (χ1v) is 9.30. The number of benzene rings is 1. The fourth-order valence-corrected chi connectivity index (χ4v) is 3.70. The van der Waals surface area contributed by atoms with Crippen LogP contribution in [0.5, 0.6) is 0 Å². The highest BCUT2D eigenvalue weighted by atomic mass is 32.1. The fraction of sp³-hybridized carbons (Fsp3) is 0.400. The van der Waals surface area contributed by atoms with Crippen LogP contribution >= 0.6 is 11.3 Å². The average Bonchev–Trinajstić information content (AvgIpc) is 2.95. The molecule has 1 aromatic heterocycles. The summed E-state index contributed by atoms with van der Waals surface area (Å²) in [4.78, 5) is 26.0. The van der Waals surface area contributed by atoms with Gasteiger partial charge in [0.2, 0.25) is 0 Å². The van der Waals surface area contributed by atoms with E-state index in [4.69, 9.17) is 4.74 Å². The molecule has 1 amide bonds. The Bertz CT molecular complexity index is 777. The van der Waals surface area contributed by atoms with Crippen molar-refractivity contribution in [3.05, 3.63) is 50.7 Å². The number of para-hydroxylation sites is 1. The van der Waals surface area contributed by atoms with E-state index in [1.807, 2.05) is 45.0 Å². The zero-order valence-corrected chi connectivity index (χ0v) is 16.3. The number of anilines is 1. The summed E-state index contributed by atoms with van der Waals surface area (Å²) in [6.07, 6.45) is 0.876. The third kappa shape index (κ3) is 4.69. The number of thiophene rings is 1. The minimum absolute atomic E-state index is 0.289. The Balaban J connectivity index is 2.00. The van der Waals surface area contributed by atoms with Crippen molar-refractivity contribution in [3.8, 4) is 0 Å². The number of hydrogen-bond donors (Lipinski definition) is 1. The molecule has 0 atom stereocenters. The summed E-state index contributed by atoms with van der Waals surface area (Å²) in [5.74, 6) is -0.482. The molecular weight excluding hydrogens is 334 g/mol. The van der Waals surface area contributed by atoms with Gasteiger partial charge < -0.3 is 10.1 Å². The van der Waals surface area contributed by atoms with Crippen molar-refractivity contribution < 1.29 is 14.3 Å². The highest BCUT2D eigenvalue weighted by molar-refractivity contribution is 7.14. The molecule has 0 saturated carbocycles. The molecule has 0 unspecified atom stereocenters. The minimum Gasteiger partial charge on any atom is -0.451 e. The van der Waals surface area contributed by atoms with Crippen molar-refractivity contribution in [2.45, 2.75) is 47.0 Å². The molecule has 0 bridgehead atoms. The standard InChI is InChI=1S/C20H25NO3S/c1-6-15-10-17(25-14(15)5)20(23)24-11-18(22)21-19-13(4)8-7-9-16(19)12(2)3/h7-10,12H,6,11H2,1-5H3,(H,21,22). The van der Waals surface area contributed by atoms with Crippen LogP contribution in [0.1, 0.15) is 57.9 Å². The molecule has 1 aromatic carbocycles. The van der Waals surface area contributed by atoms with Gasteiger partial charge in [-0.1, -0.05) is 39.0 Å². The SMILES string of the molecule is CCc1cc(C(=O)OCC(=O)Nc2c(C)cccc2C(C)C)sc1C. The molecular formula is C20H25NO3S. The Morgan fingerprint density at radius 3 is 2.56 bits per heavy atom. The van der Waals surface area contributed by atoms with Crippen molar-refractivity contribution in [2.75, 3.05) is 11.9 Å². The lowest BCUT2D eigenvalue weighted by molar-refractivity contribution is -0.119. The highest BCUT2D eigenvalue weighted by Crippen LogP contribution is 2.27. The minimum atomic E-state index is -0.447. The molecule has 1 N–H and O–H groups in total. The number of carbonyl (C=O) groups excluding carboxylic acids is 2. The Hall–Kier alpha value is -2.14. The van der Waals surface area contributed by atoms with Gasteiger partial charge in [0.1, 0.15) is 4.88 Å². The molecule has 0 aliphatic carbocycles. The summed E-state index contributed by atoms with van der Waals surface area (Å²) >= 11 is 1.41. The van der Waals surface area contributed by atoms with Crippen molar-refractivity contribution in [1.82, 2.24) is 0 Å². The van der Waals surface area contributed by atoms with E-state index < -0.39 is 5.97 Å². The second kappa shape index (κ2) is 8.30. The zero-order chi connectivity index (χ0) is 18.6. The predicted molar refractivity (Wildman–Crippen MR) is 103 cm³/mol. The van der Waals surface area contributed by atoms with Crippen LogP contribution in [0.15, 0.2) is 24.3 Å². The Morgan fingerprint density at radius 1 is 1.24 bits per heavy atom. The van der Waals surface area contributed by atoms with Gasteiger partial charge in [0, 0.05) is 10.6 Å². The lowest BCUT2D eigenvalue weighted by Crippen LogP contribution is -2.22. The van der Waals surface area contributed by atoms with E-state index in [-0.39, 0.29) is 12.5 Å². The van der Waals surface area contributed by atoms with Crippen LogP contribution in [0.4, 0.5) is 5.69 Å². The van der Waals surface area contributed by atoms with E-state index in [1.165, 1.54) is 11.3 Å². The third-order valence-corrected chi connectivity index (χ3v) is 5.20. The third-order valence-electron chi connectivity index (χ3n) is 4.13. The van der Waals surface area contributed by atoms with Crippen LogP contribution in [0.25, 0.3) is 0 Å². The number of aryl methyl sites for hydroxylation is 3. The van der Waals surface area contributed by atoms with Crippen LogP contribution < -0.4 is 5.32 Å². The Labute approximate surface area is 153 Å². The Morgan fingerprint density at radius 2 is 1.96 bits per heavy atom. The molecule has 0 aliphatic rings. The molecule has 134 valence electrons. The predicted octanol–water partition coefficient (Wildman–Crippen LogP) is 4.85. The van der Waals surface area contributed by atoms with E-state index in [9.17, 15) is 9.59 Å². The maximum Gasteiger partial charge on any atom is 0.348 e. The number of esters is 1. The largest absolute Gasteiger partial charge is 0.451 e. The number of rotatable bonds is 6. The number of hydrogen-bond acceptors (Lipinski definition) is 4. The second-order valence-corrected chi connectivity index (χ2v) is 7.62. The fourth-order valence-electron chi connectivity index (χ4n) is 2.69. The van der Waals surface area contributed by atoms with Gasteiger partial charge in [0.15, 0.2) is 6.61 Å². The molecule has 0 fully saturated rings. The van der Waals surface area contributed by atoms with Gasteiger partial charge in [0.25, 0.3) is 5.91 Å². The second-order valence-electron chi connectivity index (χ2n) is 6.36. The summed E-state index contributed by atoms with van der Waals surface area (Å²) < 4.78 is 5.17. The van der Waals surface area contributed by atoms with E-state index in [0.29, 0.717) is 10.8 Å². The van der Waals surface area contributed by atoms with Gasteiger partial charge in [-0.3, -0.25) is 4.79 Å². The quantitative estimate of drug-likeness (QED) is 0.750. The molecule has 2 rings (SSSR count). The van der Waals surface area contributed by atoms with Crippen LogP contribution in [0, 0.1) is 13.8 Å². The molecule has 0 saturated heterocycles. The van der Waals surface area contributed by atoms with Gasteiger partial charge in [-0.25, -0.2) is 4.79 Å². The number of amides is 1. The molecule has 5 heteroatoms. The summed E-state index contributed by atoms with van der Waals surface area (Å²) in [5.41, 5.74) is 4.01. The van der Waals surface area contributed by atoms with E-state index >= 15 is 0 Å². The number of ether oxygens (including phenoxy) is 1. The first-order valence-electron chi connectivity index (χ1n) is 8.49. The summed E-state index contributed by atoms with van der Waals surface area (Å²) in [5, 5.41) is 2.88. The van der Waals surface area contributed by atoms with Gasteiger partial charge in [-0.2, -0.15) is 0 Å². The summed E-state index contributed by atoms with van der Waals surface area (Å²) in [7, 11) is 0. The summed E-state index contributed by atoms with van der Waals surface area (Å²) in [6.45, 7) is 9.85. The van der Waals surface area contributed by atoms with Crippen molar-refractivity contribution >= 4 is 28.9 Å². The topological polar surface area (TPSA) is 55.4 Å². The van der Waals surface area contributed by atoms with Crippen molar-refractivity contribution in [3.63, 3.8) is 0 Å². The highest BCUT2D eigenvalue weighted by Gasteiger charge is 2.16. The molecule has 4 nitrogen and oxygen atoms in total. The molecule has 1 heterocycles. The first-order chi connectivity index (χ1) is 11.8. The molecule has 0 radical (unpaired) electrons. The average molecular weight is 359 g/mol. The van der Waals surface area contributed by atoms with E-state index in [1.54, 1.807) is 0 Å². The van der Waals surface area contributed by atoms with Crippen LogP contribution in [0.2, 0.25) is 0 Å². The van der Waals surface area contributed by atoms with Gasteiger partial charge in [0.05, 0.1) is 0 Å². The molecule has 0 spiro atoms. The monoisotopic (exact) mass is 359 g/mol. The zero-order valence-electron chi connectivity index (χ0n) is 15.4. The van der Waals surface area contributed by atoms with Gasteiger partial charge in [-0.15, -0.1) is 11.3 Å². The van der Waals surface area contributed by atoms with E-state index in [0.717, 1.165) is 33.7 Å². The van der Waals surface area contributed by atoms with Crippen LogP contribution in [0.3, 0.4) is 0 Å². The lowest BCUT2D eigenvalue weighted by atomic mass is 9.98. The first kappa shape index (κ1) is 19.2. The summed E-state index contributed by atoms with van der Waals surface area (Å²) in [6, 6.07) is 7.78. The van der Waals surface area contributed by atoms with Gasteiger partial charge >= 0.3 is 5.97 Å². The van der Waals surface area contributed by atoms with Gasteiger partial charge in [-0.05, 0) is 48.9 Å². The molecule has 2 aromatic rings. The number of nitrogens with one attached hydrogen (secondary N) is 1. The normalized spacial score (nSPS) is 10.8. The maximum atomic E-state index is 12.2. The molecule has 0 aliphatic heterocycles. The lowest BCUT2D eigenvalue weighted by Gasteiger charge is -2.16. The van der Waals surface area contributed by atoms with Crippen LogP contribution in [-0.2, 0) is 16.0 Å². The number of carbonyl (C=O) groups is 2. The molecule has 25 heavy (non-hydrogen) atoms. The van der Waals surface area contributed by atoms with Crippen molar-refractivity contribution in [2.24, 2.45) is 0 Å². The van der Waals surface area contributed by atoms with Crippen molar-refractivity contribution in [1.29, 1.82) is 0 Å². The van der Waals surface area contributed by atoms with E-state index in [2.05, 4.69) is 19.2 Å². The van der Waals surface area contributed by atoms with Crippen LogP contribution in [-0.4, -0.2) is 18.5 Å².